The van der Waals surface area contributed by atoms with E-state index >= 15 is 0 Å². The molecule has 0 radical (unpaired) electrons. The van der Waals surface area contributed by atoms with Crippen molar-refractivity contribution < 1.29 is 18.3 Å². The van der Waals surface area contributed by atoms with Gasteiger partial charge in [0.2, 0.25) is 0 Å². The van der Waals surface area contributed by atoms with E-state index in [-0.39, 0.29) is 0 Å². The van der Waals surface area contributed by atoms with Gasteiger partial charge in [-0.25, -0.2) is 13.6 Å². The summed E-state index contributed by atoms with van der Waals surface area (Å²) >= 11 is 1.52. The van der Waals surface area contributed by atoms with Crippen LogP contribution in [0.15, 0.2) is 16.8 Å². The van der Waals surface area contributed by atoms with Gasteiger partial charge in [-0.05, 0) is 43.2 Å². The second-order valence-electron chi connectivity index (χ2n) is 5.45. The summed E-state index contributed by atoms with van der Waals surface area (Å²) in [7, 11) is 0. The first-order valence-corrected chi connectivity index (χ1v) is 7.19. The van der Waals surface area contributed by atoms with E-state index in [0.717, 1.165) is 5.56 Å². The third-order valence-corrected chi connectivity index (χ3v) is 2.92. The van der Waals surface area contributed by atoms with Crippen molar-refractivity contribution in [3.05, 3.63) is 22.4 Å². The molecule has 0 aliphatic rings. The van der Waals surface area contributed by atoms with Gasteiger partial charge in [0, 0.05) is 6.54 Å². The molecule has 1 rings (SSSR count). The summed E-state index contributed by atoms with van der Waals surface area (Å²) in [6.45, 7) is 4.15. The van der Waals surface area contributed by atoms with Crippen molar-refractivity contribution in [2.75, 3.05) is 13.1 Å². The topological polar surface area (TPSA) is 50.4 Å². The minimum absolute atomic E-state index is 0.380. The lowest BCUT2D eigenvalue weighted by molar-refractivity contribution is -0.00375. The summed E-state index contributed by atoms with van der Waals surface area (Å²) in [5, 5.41) is 8.52. The highest BCUT2D eigenvalue weighted by Crippen LogP contribution is 2.12. The minimum Gasteiger partial charge on any atom is -0.444 e. The molecular formula is C13H20F2N2O2S. The van der Waals surface area contributed by atoms with Crippen molar-refractivity contribution >= 4 is 17.4 Å². The molecule has 4 nitrogen and oxygen atoms in total. The van der Waals surface area contributed by atoms with Crippen molar-refractivity contribution in [2.45, 2.75) is 38.8 Å². The summed E-state index contributed by atoms with van der Waals surface area (Å²) in [4.78, 5) is 11.3. The van der Waals surface area contributed by atoms with E-state index in [9.17, 15) is 13.6 Å². The molecule has 1 aromatic heterocycles. The van der Waals surface area contributed by atoms with Crippen LogP contribution in [0.3, 0.4) is 0 Å². The van der Waals surface area contributed by atoms with Crippen LogP contribution in [-0.2, 0) is 11.3 Å². The van der Waals surface area contributed by atoms with Gasteiger partial charge in [-0.1, -0.05) is 0 Å². The second kappa shape index (κ2) is 6.99. The molecule has 0 aliphatic heterocycles. The fourth-order valence-corrected chi connectivity index (χ4v) is 2.03. The standard InChI is InChI=1S/C13H20F2N2O2S/c1-12(2,3)19-11(18)17-9-13(14,15)8-16-6-10-4-5-20-7-10/h4-5,7,16H,6,8-9H2,1-3H3,(H,17,18). The maximum atomic E-state index is 13.5. The number of nitrogens with one attached hydrogen (secondary N) is 2. The highest BCUT2D eigenvalue weighted by atomic mass is 32.1. The quantitative estimate of drug-likeness (QED) is 0.849. The molecule has 0 atom stereocenters. The molecule has 0 aromatic carbocycles. The van der Waals surface area contributed by atoms with Gasteiger partial charge in [-0.15, -0.1) is 0 Å². The Kier molecular flexibility index (Phi) is 5.88. The summed E-state index contributed by atoms with van der Waals surface area (Å²) in [6, 6.07) is 1.87. The molecule has 2 N–H and O–H groups in total. The molecule has 0 fully saturated rings. The van der Waals surface area contributed by atoms with Crippen LogP contribution in [0.1, 0.15) is 26.3 Å². The zero-order chi connectivity index (χ0) is 15.2. The summed E-state index contributed by atoms with van der Waals surface area (Å²) in [5.74, 6) is -3.02. The average Bonchev–Trinajstić information content (AvgIpc) is 2.77. The van der Waals surface area contributed by atoms with Crippen LogP contribution in [-0.4, -0.2) is 30.7 Å². The third kappa shape index (κ3) is 7.40. The lowest BCUT2D eigenvalue weighted by Gasteiger charge is -2.22. The van der Waals surface area contributed by atoms with E-state index in [2.05, 4.69) is 10.6 Å². The molecule has 0 saturated heterocycles. The fraction of sp³-hybridized carbons (Fsp3) is 0.615. The Morgan fingerprint density at radius 3 is 2.60 bits per heavy atom. The highest BCUT2D eigenvalue weighted by Gasteiger charge is 2.30. The number of carbonyl (C=O) groups excluding carboxylic acids is 1. The number of alkyl carbamates (subject to hydrolysis) is 1. The molecule has 0 bridgehead atoms. The number of rotatable bonds is 6. The van der Waals surface area contributed by atoms with Crippen molar-refractivity contribution in [3.8, 4) is 0 Å². The van der Waals surface area contributed by atoms with Gasteiger partial charge in [-0.2, -0.15) is 11.3 Å². The normalized spacial score (nSPS) is 12.2. The van der Waals surface area contributed by atoms with Crippen LogP contribution in [0.25, 0.3) is 0 Å². The van der Waals surface area contributed by atoms with E-state index in [1.807, 2.05) is 16.8 Å². The lowest BCUT2D eigenvalue weighted by Crippen LogP contribution is -2.44. The monoisotopic (exact) mass is 306 g/mol. The summed E-state index contributed by atoms with van der Waals surface area (Å²) in [6.07, 6.45) is -0.838. The Hall–Kier alpha value is -1.21. The van der Waals surface area contributed by atoms with Gasteiger partial charge >= 0.3 is 6.09 Å². The Morgan fingerprint density at radius 2 is 2.05 bits per heavy atom. The van der Waals surface area contributed by atoms with Crippen molar-refractivity contribution in [1.82, 2.24) is 10.6 Å². The highest BCUT2D eigenvalue weighted by molar-refractivity contribution is 7.07. The van der Waals surface area contributed by atoms with Crippen LogP contribution in [0.5, 0.6) is 0 Å². The number of alkyl halides is 2. The molecule has 1 heterocycles. The minimum atomic E-state index is -3.02. The molecule has 1 aromatic rings. The fourth-order valence-electron chi connectivity index (χ4n) is 1.36. The van der Waals surface area contributed by atoms with Crippen molar-refractivity contribution in [3.63, 3.8) is 0 Å². The molecule has 20 heavy (non-hydrogen) atoms. The Bertz CT molecular complexity index is 417. The van der Waals surface area contributed by atoms with Crippen molar-refractivity contribution in [1.29, 1.82) is 0 Å². The van der Waals surface area contributed by atoms with Crippen LogP contribution >= 0.6 is 11.3 Å². The number of amides is 1. The Balaban J connectivity index is 2.25. The molecular weight excluding hydrogens is 286 g/mol. The molecule has 0 unspecified atom stereocenters. The number of carbonyl (C=O) groups is 1. The molecule has 1 amide bonds. The van der Waals surface area contributed by atoms with Gasteiger partial charge in [0.1, 0.15) is 5.60 Å². The zero-order valence-corrected chi connectivity index (χ0v) is 12.7. The van der Waals surface area contributed by atoms with Gasteiger partial charge in [0.15, 0.2) is 0 Å². The largest absolute Gasteiger partial charge is 0.444 e. The van der Waals surface area contributed by atoms with Crippen LogP contribution in [0, 0.1) is 0 Å². The number of ether oxygens (including phenoxy) is 1. The molecule has 0 spiro atoms. The number of hydrogen-bond donors (Lipinski definition) is 2. The number of hydrogen-bond acceptors (Lipinski definition) is 4. The Labute approximate surface area is 121 Å². The van der Waals surface area contributed by atoms with Gasteiger partial charge in [-0.3, -0.25) is 0 Å². The first-order valence-electron chi connectivity index (χ1n) is 6.24. The SMILES string of the molecule is CC(C)(C)OC(=O)NCC(F)(F)CNCc1ccsc1. The van der Waals surface area contributed by atoms with E-state index in [1.54, 1.807) is 20.8 Å². The number of halogens is 2. The predicted molar refractivity (Wildman–Crippen MR) is 75.2 cm³/mol. The average molecular weight is 306 g/mol. The van der Waals surface area contributed by atoms with Gasteiger partial charge in [0.25, 0.3) is 5.92 Å². The molecule has 114 valence electrons. The van der Waals surface area contributed by atoms with Crippen LogP contribution in [0.2, 0.25) is 0 Å². The predicted octanol–water partition coefficient (Wildman–Crippen LogP) is 3.00. The van der Waals surface area contributed by atoms with E-state index in [0.29, 0.717) is 6.54 Å². The number of thiophene rings is 1. The second-order valence-corrected chi connectivity index (χ2v) is 6.23. The third-order valence-electron chi connectivity index (χ3n) is 2.18. The first-order chi connectivity index (χ1) is 9.18. The molecule has 7 heteroatoms. The van der Waals surface area contributed by atoms with Crippen LogP contribution in [0.4, 0.5) is 13.6 Å². The smallest absolute Gasteiger partial charge is 0.407 e. The first kappa shape index (κ1) is 16.8. The Morgan fingerprint density at radius 1 is 1.35 bits per heavy atom. The van der Waals surface area contributed by atoms with E-state index < -0.39 is 30.7 Å². The summed E-state index contributed by atoms with van der Waals surface area (Å²) in [5.41, 5.74) is 0.266. The van der Waals surface area contributed by atoms with Crippen molar-refractivity contribution in [2.24, 2.45) is 0 Å². The molecule has 0 saturated carbocycles. The maximum absolute atomic E-state index is 13.5. The zero-order valence-electron chi connectivity index (χ0n) is 11.8. The lowest BCUT2D eigenvalue weighted by atomic mass is 10.2. The summed E-state index contributed by atoms with van der Waals surface area (Å²) < 4.78 is 31.9. The van der Waals surface area contributed by atoms with Gasteiger partial charge in [0.05, 0.1) is 13.1 Å². The maximum Gasteiger partial charge on any atom is 0.407 e. The van der Waals surface area contributed by atoms with E-state index in [4.69, 9.17) is 4.74 Å². The van der Waals surface area contributed by atoms with E-state index in [1.165, 1.54) is 11.3 Å². The van der Waals surface area contributed by atoms with Crippen LogP contribution < -0.4 is 10.6 Å². The van der Waals surface area contributed by atoms with Gasteiger partial charge < -0.3 is 15.4 Å². The molecule has 0 aliphatic carbocycles.